The van der Waals surface area contributed by atoms with Crippen molar-refractivity contribution in [2.24, 2.45) is 5.92 Å². The molecule has 0 radical (unpaired) electrons. The summed E-state index contributed by atoms with van der Waals surface area (Å²) < 4.78 is 4.87. The predicted molar refractivity (Wildman–Crippen MR) is 75.3 cm³/mol. The molecule has 0 aliphatic rings. The minimum absolute atomic E-state index is 0.213. The van der Waals surface area contributed by atoms with Crippen molar-refractivity contribution in [3.05, 3.63) is 16.1 Å². The SMILES string of the molecule is CCOC(=O)c1csc([C@H](O)C[C@@H](NC)C(C)C)n1. The van der Waals surface area contributed by atoms with Gasteiger partial charge in [0.25, 0.3) is 0 Å². The molecule has 0 fully saturated rings. The number of nitrogens with one attached hydrogen (secondary N) is 1. The van der Waals surface area contributed by atoms with E-state index in [0.717, 1.165) is 0 Å². The number of aliphatic hydroxyl groups is 1. The first-order valence-electron chi connectivity index (χ1n) is 6.47. The second-order valence-electron chi connectivity index (χ2n) is 4.68. The van der Waals surface area contributed by atoms with E-state index in [4.69, 9.17) is 4.74 Å². The minimum Gasteiger partial charge on any atom is -0.461 e. The van der Waals surface area contributed by atoms with E-state index in [1.165, 1.54) is 11.3 Å². The number of nitrogens with zero attached hydrogens (tertiary/aromatic N) is 1. The molecule has 5 nitrogen and oxygen atoms in total. The maximum atomic E-state index is 11.5. The molecule has 0 aliphatic heterocycles. The monoisotopic (exact) mass is 286 g/mol. The molecule has 0 unspecified atom stereocenters. The predicted octanol–water partition coefficient (Wildman–Crippen LogP) is 1.99. The maximum absolute atomic E-state index is 11.5. The van der Waals surface area contributed by atoms with Crippen LogP contribution in [0.1, 0.15) is 48.8 Å². The van der Waals surface area contributed by atoms with E-state index in [2.05, 4.69) is 24.1 Å². The van der Waals surface area contributed by atoms with Crippen molar-refractivity contribution in [3.63, 3.8) is 0 Å². The molecular formula is C13H22N2O3S. The molecule has 0 aliphatic carbocycles. The van der Waals surface area contributed by atoms with Crippen molar-refractivity contribution in [3.8, 4) is 0 Å². The Labute approximate surface area is 118 Å². The summed E-state index contributed by atoms with van der Waals surface area (Å²) in [6, 6.07) is 0.213. The number of aromatic nitrogens is 1. The van der Waals surface area contributed by atoms with Crippen molar-refractivity contribution in [1.82, 2.24) is 10.3 Å². The van der Waals surface area contributed by atoms with E-state index in [0.29, 0.717) is 24.0 Å². The van der Waals surface area contributed by atoms with Gasteiger partial charge in [0, 0.05) is 11.4 Å². The molecule has 0 amide bonds. The molecule has 0 aromatic carbocycles. The highest BCUT2D eigenvalue weighted by molar-refractivity contribution is 7.09. The topological polar surface area (TPSA) is 71.5 Å². The number of carbonyl (C=O) groups excluding carboxylic acids is 1. The maximum Gasteiger partial charge on any atom is 0.357 e. The first-order chi connectivity index (χ1) is 8.99. The summed E-state index contributed by atoms with van der Waals surface area (Å²) in [6.07, 6.45) is -0.0859. The van der Waals surface area contributed by atoms with Crippen LogP contribution in [0.4, 0.5) is 0 Å². The third kappa shape index (κ3) is 4.56. The Morgan fingerprint density at radius 3 is 2.79 bits per heavy atom. The van der Waals surface area contributed by atoms with E-state index in [1.807, 2.05) is 7.05 Å². The van der Waals surface area contributed by atoms with Gasteiger partial charge in [0.1, 0.15) is 11.1 Å². The summed E-state index contributed by atoms with van der Waals surface area (Å²) in [5, 5.41) is 15.5. The van der Waals surface area contributed by atoms with Gasteiger partial charge < -0.3 is 15.2 Å². The average Bonchev–Trinajstić information content (AvgIpc) is 2.85. The zero-order valence-electron chi connectivity index (χ0n) is 11.8. The Bertz CT molecular complexity index is 406. The van der Waals surface area contributed by atoms with Crippen LogP contribution in [0.5, 0.6) is 0 Å². The molecule has 19 heavy (non-hydrogen) atoms. The van der Waals surface area contributed by atoms with Crippen molar-refractivity contribution in [1.29, 1.82) is 0 Å². The zero-order valence-corrected chi connectivity index (χ0v) is 12.7. The van der Waals surface area contributed by atoms with Crippen LogP contribution in [0.25, 0.3) is 0 Å². The standard InChI is InChI=1S/C13H22N2O3S/c1-5-18-13(17)10-7-19-12(15-10)11(16)6-9(14-4)8(2)3/h7-9,11,14,16H,5-6H2,1-4H3/t9-,11-/m1/s1. The summed E-state index contributed by atoms with van der Waals surface area (Å²) in [6.45, 7) is 6.27. The molecule has 6 heteroatoms. The lowest BCUT2D eigenvalue weighted by atomic mass is 9.98. The molecule has 0 saturated carbocycles. The smallest absolute Gasteiger partial charge is 0.357 e. The highest BCUT2D eigenvalue weighted by Gasteiger charge is 2.21. The van der Waals surface area contributed by atoms with Gasteiger partial charge in [-0.3, -0.25) is 0 Å². The second-order valence-corrected chi connectivity index (χ2v) is 5.57. The van der Waals surface area contributed by atoms with Gasteiger partial charge in [-0.15, -0.1) is 11.3 Å². The third-order valence-corrected chi connectivity index (χ3v) is 3.89. The Morgan fingerprint density at radius 2 is 2.26 bits per heavy atom. The largest absolute Gasteiger partial charge is 0.461 e. The molecule has 0 saturated heterocycles. The molecule has 2 atom stereocenters. The van der Waals surface area contributed by atoms with E-state index in [1.54, 1.807) is 12.3 Å². The first kappa shape index (κ1) is 16.1. The number of aliphatic hydroxyl groups excluding tert-OH is 1. The fourth-order valence-electron chi connectivity index (χ4n) is 1.80. The van der Waals surface area contributed by atoms with Crippen LogP contribution in [-0.2, 0) is 4.74 Å². The van der Waals surface area contributed by atoms with Crippen LogP contribution in [0.2, 0.25) is 0 Å². The lowest BCUT2D eigenvalue weighted by molar-refractivity contribution is 0.0519. The van der Waals surface area contributed by atoms with E-state index in [9.17, 15) is 9.90 Å². The highest BCUT2D eigenvalue weighted by atomic mass is 32.1. The Morgan fingerprint density at radius 1 is 1.58 bits per heavy atom. The van der Waals surface area contributed by atoms with E-state index in [-0.39, 0.29) is 11.7 Å². The molecule has 1 aromatic heterocycles. The van der Waals surface area contributed by atoms with Crippen molar-refractivity contribution < 1.29 is 14.6 Å². The molecule has 0 spiro atoms. The van der Waals surface area contributed by atoms with Crippen molar-refractivity contribution >= 4 is 17.3 Å². The molecule has 0 bridgehead atoms. The summed E-state index contributed by atoms with van der Waals surface area (Å²) in [5.74, 6) is -0.0182. The Balaban J connectivity index is 2.67. The number of hydrogen-bond donors (Lipinski definition) is 2. The molecule has 1 rings (SSSR count). The van der Waals surface area contributed by atoms with E-state index < -0.39 is 12.1 Å². The second kappa shape index (κ2) is 7.57. The Kier molecular flexibility index (Phi) is 6.41. The van der Waals surface area contributed by atoms with Crippen molar-refractivity contribution in [2.75, 3.05) is 13.7 Å². The van der Waals surface area contributed by atoms with Crippen LogP contribution >= 0.6 is 11.3 Å². The van der Waals surface area contributed by atoms with Gasteiger partial charge in [-0.05, 0) is 26.3 Å². The highest BCUT2D eigenvalue weighted by Crippen LogP contribution is 2.24. The van der Waals surface area contributed by atoms with Gasteiger partial charge in [-0.1, -0.05) is 13.8 Å². The van der Waals surface area contributed by atoms with Gasteiger partial charge in [-0.25, -0.2) is 9.78 Å². The van der Waals surface area contributed by atoms with Gasteiger partial charge in [0.05, 0.1) is 6.61 Å². The van der Waals surface area contributed by atoms with Crippen LogP contribution in [0.15, 0.2) is 5.38 Å². The lowest BCUT2D eigenvalue weighted by Crippen LogP contribution is -2.32. The van der Waals surface area contributed by atoms with Crippen LogP contribution < -0.4 is 5.32 Å². The fraction of sp³-hybridized carbons (Fsp3) is 0.692. The van der Waals surface area contributed by atoms with Crippen molar-refractivity contribution in [2.45, 2.75) is 39.3 Å². The van der Waals surface area contributed by atoms with Gasteiger partial charge in [0.15, 0.2) is 5.69 Å². The van der Waals surface area contributed by atoms with Gasteiger partial charge >= 0.3 is 5.97 Å². The van der Waals surface area contributed by atoms with Crippen LogP contribution in [0.3, 0.4) is 0 Å². The molecule has 2 N–H and O–H groups in total. The number of hydrogen-bond acceptors (Lipinski definition) is 6. The molecule has 1 heterocycles. The lowest BCUT2D eigenvalue weighted by Gasteiger charge is -2.22. The Hall–Kier alpha value is -0.980. The molecule has 108 valence electrons. The summed E-state index contributed by atoms with van der Waals surface area (Å²) in [5.41, 5.74) is 0.270. The summed E-state index contributed by atoms with van der Waals surface area (Å²) >= 11 is 1.29. The first-order valence-corrected chi connectivity index (χ1v) is 7.35. The quantitative estimate of drug-likeness (QED) is 0.750. The number of thiazole rings is 1. The zero-order chi connectivity index (χ0) is 14.4. The average molecular weight is 286 g/mol. The van der Waals surface area contributed by atoms with Gasteiger partial charge in [-0.2, -0.15) is 0 Å². The summed E-state index contributed by atoms with van der Waals surface area (Å²) in [7, 11) is 1.88. The number of rotatable bonds is 7. The number of esters is 1. The minimum atomic E-state index is -0.659. The van der Waals surface area contributed by atoms with Gasteiger partial charge in [0.2, 0.25) is 0 Å². The number of ether oxygens (including phenoxy) is 1. The fourth-order valence-corrected chi connectivity index (χ4v) is 2.59. The molecular weight excluding hydrogens is 264 g/mol. The van der Waals surface area contributed by atoms with E-state index >= 15 is 0 Å². The summed E-state index contributed by atoms with van der Waals surface area (Å²) in [4.78, 5) is 15.6. The van der Waals surface area contributed by atoms with Crippen LogP contribution in [0, 0.1) is 5.92 Å². The third-order valence-electron chi connectivity index (χ3n) is 2.94. The normalized spacial score (nSPS) is 14.4. The van der Waals surface area contributed by atoms with Crippen LogP contribution in [-0.4, -0.2) is 35.8 Å². The molecule has 1 aromatic rings. The number of carbonyl (C=O) groups is 1.